The number of rotatable bonds is 7. The molecule has 0 aliphatic carbocycles. The average Bonchev–Trinajstić information content (AvgIpc) is 2.52. The number of hydrogen-bond acceptors (Lipinski definition) is 1. The van der Waals surface area contributed by atoms with Crippen LogP contribution in [0.2, 0.25) is 0 Å². The van der Waals surface area contributed by atoms with Gasteiger partial charge in [-0.1, -0.05) is 26.2 Å². The number of nitrogens with zero attached hydrogens (tertiary/aromatic N) is 1. The smallest absolute Gasteiger partial charge is 0.300 e. The fraction of sp³-hybridized carbons (Fsp3) is 0.600. The van der Waals surface area contributed by atoms with Crippen molar-refractivity contribution in [2.24, 2.45) is 0 Å². The molecule has 1 rings (SSSR count). The van der Waals surface area contributed by atoms with Gasteiger partial charge in [-0.2, -0.15) is 22.0 Å². The Kier molecular flexibility index (Phi) is 6.63. The highest BCUT2D eigenvalue weighted by Gasteiger charge is 2.62. The molecule has 1 aromatic rings. The average molecular weight is 381 g/mol. The summed E-state index contributed by atoms with van der Waals surface area (Å²) in [7, 11) is 0. The Morgan fingerprint density at radius 3 is 1.80 bits per heavy atom. The van der Waals surface area contributed by atoms with Gasteiger partial charge in [0, 0.05) is 12.1 Å². The summed E-state index contributed by atoms with van der Waals surface area (Å²) in [5, 5.41) is 0. The third kappa shape index (κ3) is 4.14. The van der Waals surface area contributed by atoms with Crippen LogP contribution >= 0.6 is 0 Å². The molecule has 1 aromatic carbocycles. The topological polar surface area (TPSA) is 3.24 Å². The van der Waals surface area contributed by atoms with Crippen molar-refractivity contribution in [1.82, 2.24) is 0 Å². The maximum Gasteiger partial charge on any atom is 0.475 e. The molecule has 0 saturated heterocycles. The predicted molar refractivity (Wildman–Crippen MR) is 73.5 cm³/mol. The molecule has 0 aliphatic heterocycles. The Bertz CT molecular complexity index is 581. The molecule has 1 nitrogen and oxygen atoms in total. The van der Waals surface area contributed by atoms with Crippen LogP contribution in [0.4, 0.5) is 45.2 Å². The molecule has 0 radical (unpaired) electrons. The number of hydrogen-bond donors (Lipinski definition) is 0. The third-order valence-electron chi connectivity index (χ3n) is 3.64. The van der Waals surface area contributed by atoms with Crippen LogP contribution in [0, 0.1) is 30.2 Å². The summed E-state index contributed by atoms with van der Waals surface area (Å²) in [5.41, 5.74) is -3.12. The van der Waals surface area contributed by atoms with E-state index in [0.717, 1.165) is 0 Å². The number of benzene rings is 1. The molecule has 25 heavy (non-hydrogen) atoms. The zero-order valence-electron chi connectivity index (χ0n) is 13.4. The van der Waals surface area contributed by atoms with Gasteiger partial charge in [0.1, 0.15) is 5.69 Å². The summed E-state index contributed by atoms with van der Waals surface area (Å²) in [6.07, 6.45) is -5.09. The van der Waals surface area contributed by atoms with Crippen molar-refractivity contribution in [2.75, 3.05) is 11.4 Å². The molecule has 0 bridgehead atoms. The highest BCUT2D eigenvalue weighted by molar-refractivity contribution is 5.54. The van der Waals surface area contributed by atoms with Crippen molar-refractivity contribution in [1.29, 1.82) is 0 Å². The molecule has 0 N–H and O–H groups in total. The van der Waals surface area contributed by atoms with Gasteiger partial charge < -0.3 is 4.90 Å². The van der Waals surface area contributed by atoms with Crippen molar-refractivity contribution in [3.63, 3.8) is 0 Å². The molecule has 10 heteroatoms. The maximum atomic E-state index is 14.1. The van der Waals surface area contributed by atoms with E-state index in [1.54, 1.807) is 6.92 Å². The summed E-state index contributed by atoms with van der Waals surface area (Å²) >= 11 is 0. The lowest BCUT2D eigenvalue weighted by molar-refractivity contribution is -0.281. The van der Waals surface area contributed by atoms with Gasteiger partial charge in [0.2, 0.25) is 0 Å². The molecular weight excluding hydrogens is 365 g/mol. The van der Waals surface area contributed by atoms with E-state index >= 15 is 0 Å². The highest BCUT2D eigenvalue weighted by Crippen LogP contribution is 2.43. The van der Waals surface area contributed by atoms with Crippen molar-refractivity contribution >= 4 is 5.69 Å². The van der Waals surface area contributed by atoms with Gasteiger partial charge >= 0.3 is 12.2 Å². The fourth-order valence-electron chi connectivity index (χ4n) is 2.21. The number of anilines is 1. The van der Waals surface area contributed by atoms with E-state index in [1.807, 2.05) is 0 Å². The second kappa shape index (κ2) is 7.74. The van der Waals surface area contributed by atoms with Gasteiger partial charge in [-0.25, -0.2) is 17.6 Å². The maximum absolute atomic E-state index is 14.1. The number of halogens is 9. The van der Waals surface area contributed by atoms with Crippen LogP contribution in [0.5, 0.6) is 0 Å². The largest absolute Gasteiger partial charge is 0.475 e. The first-order valence-electron chi connectivity index (χ1n) is 7.42. The van der Waals surface area contributed by atoms with Gasteiger partial charge in [-0.15, -0.1) is 0 Å². The van der Waals surface area contributed by atoms with Crippen LogP contribution in [0.15, 0.2) is 0 Å². The molecule has 0 unspecified atom stereocenters. The molecule has 0 atom stereocenters. The Labute approximate surface area is 138 Å². The Morgan fingerprint density at radius 1 is 0.760 bits per heavy atom. The summed E-state index contributed by atoms with van der Waals surface area (Å²) in [4.78, 5) is -0.886. The first-order valence-corrected chi connectivity index (χ1v) is 7.42. The quantitative estimate of drug-likeness (QED) is 0.182. The second-order valence-corrected chi connectivity index (χ2v) is 5.48. The minimum absolute atomic E-state index is 0.215. The van der Waals surface area contributed by atoms with Crippen LogP contribution in [0.25, 0.3) is 0 Å². The van der Waals surface area contributed by atoms with Crippen LogP contribution in [-0.4, -0.2) is 18.8 Å². The Morgan fingerprint density at radius 2 is 1.32 bits per heavy atom. The molecule has 0 heterocycles. The van der Waals surface area contributed by atoms with Crippen LogP contribution in [0.1, 0.15) is 38.2 Å². The van der Waals surface area contributed by atoms with E-state index in [-0.39, 0.29) is 12.8 Å². The fourth-order valence-corrected chi connectivity index (χ4v) is 2.21. The van der Waals surface area contributed by atoms with Crippen molar-refractivity contribution in [3.05, 3.63) is 28.8 Å². The molecule has 0 aromatic heterocycles. The molecular formula is C15H16F9N. The van der Waals surface area contributed by atoms with Gasteiger partial charge in [-0.05, 0) is 13.3 Å². The van der Waals surface area contributed by atoms with E-state index in [4.69, 9.17) is 0 Å². The number of alkyl halides is 5. The standard InChI is InChI=1S/C15H16F9N/c1-3-4-5-6-7-25(15(23,24)14(20,21)22)13-10(17)8(2)9(16)11(18)12(13)19/h3-7H2,1-2H3. The van der Waals surface area contributed by atoms with E-state index in [9.17, 15) is 39.5 Å². The zero-order valence-corrected chi connectivity index (χ0v) is 13.4. The van der Waals surface area contributed by atoms with E-state index in [2.05, 4.69) is 0 Å². The van der Waals surface area contributed by atoms with Crippen LogP contribution in [-0.2, 0) is 0 Å². The normalized spacial score (nSPS) is 12.6. The van der Waals surface area contributed by atoms with Gasteiger partial charge in [-0.3, -0.25) is 0 Å². The lowest BCUT2D eigenvalue weighted by Crippen LogP contribution is -2.54. The monoisotopic (exact) mass is 381 g/mol. The minimum atomic E-state index is -6.17. The summed E-state index contributed by atoms with van der Waals surface area (Å²) in [6.45, 7) is 1.27. The van der Waals surface area contributed by atoms with Gasteiger partial charge in [0.15, 0.2) is 23.3 Å². The van der Waals surface area contributed by atoms with E-state index in [1.165, 1.54) is 0 Å². The van der Waals surface area contributed by atoms with Crippen molar-refractivity contribution < 1.29 is 39.5 Å². The highest BCUT2D eigenvalue weighted by atomic mass is 19.4. The van der Waals surface area contributed by atoms with Crippen molar-refractivity contribution in [3.8, 4) is 0 Å². The Hall–Kier alpha value is -1.61. The zero-order chi connectivity index (χ0) is 19.6. The molecule has 144 valence electrons. The van der Waals surface area contributed by atoms with E-state index < -0.39 is 58.2 Å². The van der Waals surface area contributed by atoms with Crippen LogP contribution < -0.4 is 4.90 Å². The first kappa shape index (κ1) is 21.4. The molecule has 0 spiro atoms. The number of unbranched alkanes of at least 4 members (excludes halogenated alkanes) is 3. The summed E-state index contributed by atoms with van der Waals surface area (Å²) in [5.74, 6) is -8.73. The van der Waals surface area contributed by atoms with Crippen molar-refractivity contribution in [2.45, 2.75) is 51.8 Å². The third-order valence-corrected chi connectivity index (χ3v) is 3.64. The molecule has 0 fully saturated rings. The molecule has 0 aliphatic rings. The van der Waals surface area contributed by atoms with Gasteiger partial charge in [0.05, 0.1) is 0 Å². The Balaban J connectivity index is 3.48. The molecule has 0 saturated carbocycles. The molecule has 0 amide bonds. The minimum Gasteiger partial charge on any atom is -0.300 e. The lowest BCUT2D eigenvalue weighted by Gasteiger charge is -2.34. The first-order chi connectivity index (χ1) is 11.4. The lowest BCUT2D eigenvalue weighted by atomic mass is 10.1. The summed E-state index contributed by atoms with van der Waals surface area (Å²) < 4.78 is 120. The van der Waals surface area contributed by atoms with Gasteiger partial charge in [0.25, 0.3) is 0 Å². The van der Waals surface area contributed by atoms with E-state index in [0.29, 0.717) is 19.8 Å². The van der Waals surface area contributed by atoms with Crippen LogP contribution in [0.3, 0.4) is 0 Å². The predicted octanol–water partition coefficient (Wildman–Crippen LogP) is 6.09. The SMILES string of the molecule is CCCCCCN(c1c(F)c(C)c(F)c(F)c1F)C(F)(F)C(F)(F)F. The summed E-state index contributed by atoms with van der Waals surface area (Å²) in [6, 6.07) is -5.67. The second-order valence-electron chi connectivity index (χ2n) is 5.48.